The van der Waals surface area contributed by atoms with Crippen LogP contribution in [0.1, 0.15) is 25.8 Å². The molecule has 2 rings (SSSR count). The Morgan fingerprint density at radius 3 is 2.94 bits per heavy atom. The maximum Gasteiger partial charge on any atom is 0.0441 e. The third-order valence-corrected chi connectivity index (χ3v) is 4.21. The van der Waals surface area contributed by atoms with E-state index in [1.807, 2.05) is 18.8 Å². The summed E-state index contributed by atoms with van der Waals surface area (Å²) < 4.78 is 0. The molecule has 0 bridgehead atoms. The third-order valence-electron chi connectivity index (χ3n) is 3.01. The minimum atomic E-state index is 0.0881. The van der Waals surface area contributed by atoms with Gasteiger partial charge in [-0.3, -0.25) is 0 Å². The largest absolute Gasteiger partial charge is 0.379 e. The lowest BCUT2D eigenvalue weighted by Gasteiger charge is -2.28. The minimum Gasteiger partial charge on any atom is -0.379 e. The maximum atomic E-state index is 3.60. The summed E-state index contributed by atoms with van der Waals surface area (Å²) in [6.45, 7) is 5.40. The zero-order valence-corrected chi connectivity index (χ0v) is 11.8. The van der Waals surface area contributed by atoms with Crippen LogP contribution in [0.25, 0.3) is 0 Å². The molecule has 1 heterocycles. The van der Waals surface area contributed by atoms with Gasteiger partial charge in [0.05, 0.1) is 0 Å². The standard InChI is InChI=1S/C14H22N2S/c1-14(2,10-15-3)16-12-6-7-13-11(9-12)5-4-8-17-13/h6-7,9,15-16H,4-5,8,10H2,1-3H3. The van der Waals surface area contributed by atoms with Crippen LogP contribution in [-0.2, 0) is 6.42 Å². The molecule has 1 aromatic rings. The molecule has 1 aliphatic heterocycles. The molecule has 0 radical (unpaired) electrons. The van der Waals surface area contributed by atoms with Gasteiger partial charge < -0.3 is 10.6 Å². The molecule has 94 valence electrons. The predicted molar refractivity (Wildman–Crippen MR) is 77.1 cm³/mol. The smallest absolute Gasteiger partial charge is 0.0441 e. The molecule has 17 heavy (non-hydrogen) atoms. The van der Waals surface area contributed by atoms with Crippen LogP contribution < -0.4 is 10.6 Å². The molecule has 0 saturated heterocycles. The van der Waals surface area contributed by atoms with Gasteiger partial charge in [-0.05, 0) is 63.3 Å². The Morgan fingerprint density at radius 1 is 1.35 bits per heavy atom. The van der Waals surface area contributed by atoms with Crippen molar-refractivity contribution in [2.75, 3.05) is 24.7 Å². The summed E-state index contributed by atoms with van der Waals surface area (Å²) in [7, 11) is 1.99. The Hall–Kier alpha value is -0.670. The van der Waals surface area contributed by atoms with E-state index in [0.29, 0.717) is 0 Å². The normalized spacial score (nSPS) is 15.5. The summed E-state index contributed by atoms with van der Waals surface area (Å²) in [6.07, 6.45) is 2.53. The fourth-order valence-electron chi connectivity index (χ4n) is 2.32. The van der Waals surface area contributed by atoms with E-state index >= 15 is 0 Å². The van der Waals surface area contributed by atoms with Crippen molar-refractivity contribution in [2.45, 2.75) is 37.1 Å². The molecule has 0 saturated carbocycles. The predicted octanol–water partition coefficient (Wildman–Crippen LogP) is 3.13. The number of hydrogen-bond donors (Lipinski definition) is 2. The van der Waals surface area contributed by atoms with Crippen LogP contribution in [0.5, 0.6) is 0 Å². The molecule has 0 spiro atoms. The molecular formula is C14H22N2S. The van der Waals surface area contributed by atoms with Gasteiger partial charge in [0.2, 0.25) is 0 Å². The quantitative estimate of drug-likeness (QED) is 0.858. The molecule has 0 aliphatic carbocycles. The van der Waals surface area contributed by atoms with E-state index in [9.17, 15) is 0 Å². The van der Waals surface area contributed by atoms with Crippen molar-refractivity contribution >= 4 is 17.4 Å². The number of aryl methyl sites for hydroxylation is 1. The highest BCUT2D eigenvalue weighted by atomic mass is 32.2. The highest BCUT2D eigenvalue weighted by Crippen LogP contribution is 2.32. The van der Waals surface area contributed by atoms with Crippen molar-refractivity contribution in [3.8, 4) is 0 Å². The lowest BCUT2D eigenvalue weighted by atomic mass is 10.0. The molecule has 0 fully saturated rings. The molecule has 2 N–H and O–H groups in total. The number of rotatable bonds is 4. The van der Waals surface area contributed by atoms with Crippen LogP contribution >= 0.6 is 11.8 Å². The van der Waals surface area contributed by atoms with E-state index < -0.39 is 0 Å². The zero-order valence-electron chi connectivity index (χ0n) is 11.0. The van der Waals surface area contributed by atoms with Crippen LogP contribution in [0.3, 0.4) is 0 Å². The second-order valence-corrected chi connectivity index (χ2v) is 6.45. The van der Waals surface area contributed by atoms with Crippen LogP contribution in [0.15, 0.2) is 23.1 Å². The Balaban J connectivity index is 2.11. The van der Waals surface area contributed by atoms with Crippen LogP contribution in [0.4, 0.5) is 5.69 Å². The van der Waals surface area contributed by atoms with Crippen molar-refractivity contribution in [2.24, 2.45) is 0 Å². The molecule has 0 unspecified atom stereocenters. The first kappa shape index (κ1) is 12.8. The second-order valence-electron chi connectivity index (χ2n) is 5.31. The SMILES string of the molecule is CNCC(C)(C)Nc1ccc2c(c1)CCCS2. The van der Waals surface area contributed by atoms with Crippen LogP contribution in [0, 0.1) is 0 Å². The van der Waals surface area contributed by atoms with Crippen molar-refractivity contribution in [3.05, 3.63) is 23.8 Å². The molecule has 0 aromatic heterocycles. The fourth-order valence-corrected chi connectivity index (χ4v) is 3.33. The van der Waals surface area contributed by atoms with E-state index in [-0.39, 0.29) is 5.54 Å². The second kappa shape index (κ2) is 5.32. The molecule has 1 aromatic carbocycles. The molecular weight excluding hydrogens is 228 g/mol. The average Bonchev–Trinajstić information content (AvgIpc) is 2.28. The highest BCUT2D eigenvalue weighted by molar-refractivity contribution is 7.99. The Labute approximate surface area is 109 Å². The van der Waals surface area contributed by atoms with E-state index in [1.165, 1.54) is 34.7 Å². The summed E-state index contributed by atoms with van der Waals surface area (Å²) in [4.78, 5) is 1.47. The lowest BCUT2D eigenvalue weighted by molar-refractivity contribution is 0.530. The summed E-state index contributed by atoms with van der Waals surface area (Å²) in [5, 5.41) is 6.82. The Bertz CT molecular complexity index is 388. The number of thioether (sulfide) groups is 1. The van der Waals surface area contributed by atoms with Gasteiger partial charge in [-0.2, -0.15) is 0 Å². The topological polar surface area (TPSA) is 24.1 Å². The Morgan fingerprint density at radius 2 is 2.18 bits per heavy atom. The fraction of sp³-hybridized carbons (Fsp3) is 0.571. The molecule has 3 heteroatoms. The first-order valence-corrected chi connectivity index (χ1v) is 7.28. The third kappa shape index (κ3) is 3.39. The van der Waals surface area contributed by atoms with Gasteiger partial charge in [-0.1, -0.05) is 0 Å². The minimum absolute atomic E-state index is 0.0881. The summed E-state index contributed by atoms with van der Waals surface area (Å²) in [5.74, 6) is 1.27. The summed E-state index contributed by atoms with van der Waals surface area (Å²) in [6, 6.07) is 6.78. The molecule has 0 atom stereocenters. The molecule has 0 amide bonds. The van der Waals surface area contributed by atoms with Crippen molar-refractivity contribution in [3.63, 3.8) is 0 Å². The van der Waals surface area contributed by atoms with E-state index in [0.717, 1.165) is 6.54 Å². The maximum absolute atomic E-state index is 3.60. The molecule has 1 aliphatic rings. The number of fused-ring (bicyclic) bond motifs is 1. The van der Waals surface area contributed by atoms with Gasteiger partial charge in [-0.25, -0.2) is 0 Å². The van der Waals surface area contributed by atoms with Crippen molar-refractivity contribution in [1.82, 2.24) is 5.32 Å². The van der Waals surface area contributed by atoms with E-state index in [1.54, 1.807) is 0 Å². The zero-order chi connectivity index (χ0) is 12.3. The van der Waals surface area contributed by atoms with Crippen molar-refractivity contribution < 1.29 is 0 Å². The lowest BCUT2D eigenvalue weighted by Crippen LogP contribution is -2.40. The van der Waals surface area contributed by atoms with Crippen molar-refractivity contribution in [1.29, 1.82) is 0 Å². The van der Waals surface area contributed by atoms with E-state index in [4.69, 9.17) is 0 Å². The van der Waals surface area contributed by atoms with E-state index in [2.05, 4.69) is 42.7 Å². The number of hydrogen-bond acceptors (Lipinski definition) is 3. The first-order chi connectivity index (χ1) is 8.11. The highest BCUT2D eigenvalue weighted by Gasteiger charge is 2.17. The van der Waals surface area contributed by atoms with Gasteiger partial charge >= 0.3 is 0 Å². The van der Waals surface area contributed by atoms with Crippen LogP contribution in [0.2, 0.25) is 0 Å². The summed E-state index contributed by atoms with van der Waals surface area (Å²) in [5.41, 5.74) is 2.84. The molecule has 2 nitrogen and oxygen atoms in total. The van der Waals surface area contributed by atoms with Gasteiger partial charge in [-0.15, -0.1) is 11.8 Å². The monoisotopic (exact) mass is 250 g/mol. The van der Waals surface area contributed by atoms with Gasteiger partial charge in [0, 0.05) is 22.7 Å². The first-order valence-electron chi connectivity index (χ1n) is 6.29. The Kier molecular flexibility index (Phi) is 4.00. The number of nitrogens with one attached hydrogen (secondary N) is 2. The average molecular weight is 250 g/mol. The number of likely N-dealkylation sites (N-methyl/N-ethyl adjacent to an activating group) is 1. The van der Waals surface area contributed by atoms with Crippen LogP contribution in [-0.4, -0.2) is 24.9 Å². The van der Waals surface area contributed by atoms with Gasteiger partial charge in [0.25, 0.3) is 0 Å². The number of anilines is 1. The van der Waals surface area contributed by atoms with Gasteiger partial charge in [0.1, 0.15) is 0 Å². The number of benzene rings is 1. The summed E-state index contributed by atoms with van der Waals surface area (Å²) >= 11 is 1.99. The van der Waals surface area contributed by atoms with Gasteiger partial charge in [0.15, 0.2) is 0 Å².